The minimum atomic E-state index is -3.35. The predicted molar refractivity (Wildman–Crippen MR) is 214 cm³/mol. The predicted octanol–water partition coefficient (Wildman–Crippen LogP) is 10.5. The number of unbranched alkanes of at least 4 members (excludes halogenated alkanes) is 28. The molecule has 0 aliphatic carbocycles. The average Bonchev–Trinajstić information content (AvgIpc) is 3.48. The Labute approximate surface area is 332 Å². The van der Waals surface area contributed by atoms with E-state index in [2.05, 4.69) is 23.4 Å². The SMILES string of the molecule is CCCCCCCCCCCCCCCCCC(=O)C(O)C(O)(C(=O)CCCCCCCCCCCCCCCCC)C(=O)OC(=O)ON1C(=O)CCC1=O. The smallest absolute Gasteiger partial charge is 0.381 e. The summed E-state index contributed by atoms with van der Waals surface area (Å²) in [5.74, 6) is -5.61. The molecule has 1 aliphatic heterocycles. The van der Waals surface area contributed by atoms with E-state index in [1.54, 1.807) is 0 Å². The highest BCUT2D eigenvalue weighted by molar-refractivity contribution is 6.13. The van der Waals surface area contributed by atoms with Crippen molar-refractivity contribution in [3.63, 3.8) is 0 Å². The molecule has 0 radical (unpaired) electrons. The highest BCUT2D eigenvalue weighted by atomic mass is 16.8. The quantitative estimate of drug-likeness (QED) is 0.0268. The van der Waals surface area contributed by atoms with E-state index in [4.69, 9.17) is 0 Å². The first kappa shape index (κ1) is 50.4. The number of amides is 2. The number of hydrogen-bond donors (Lipinski definition) is 2. The monoisotopic (exact) mass is 780 g/mol. The lowest BCUT2D eigenvalue weighted by Gasteiger charge is -2.28. The molecule has 318 valence electrons. The zero-order valence-corrected chi connectivity index (χ0v) is 34.7. The summed E-state index contributed by atoms with van der Waals surface area (Å²) in [6.45, 7) is 4.46. The van der Waals surface area contributed by atoms with Crippen molar-refractivity contribution >= 4 is 35.5 Å². The molecule has 11 heteroatoms. The number of Topliss-reactive ketones (excluding diaryl/α,β-unsaturated/α-hetero) is 2. The van der Waals surface area contributed by atoms with Crippen LogP contribution >= 0.6 is 0 Å². The van der Waals surface area contributed by atoms with Crippen molar-refractivity contribution in [2.24, 2.45) is 0 Å². The molecule has 0 saturated carbocycles. The van der Waals surface area contributed by atoms with E-state index >= 15 is 0 Å². The second kappa shape index (κ2) is 32.4. The second-order valence-electron chi connectivity index (χ2n) is 15.8. The molecule has 0 spiro atoms. The highest BCUT2D eigenvalue weighted by Crippen LogP contribution is 2.24. The molecule has 1 aliphatic rings. The molecule has 11 nitrogen and oxygen atoms in total. The first-order valence-electron chi connectivity index (χ1n) is 22.4. The molecule has 1 heterocycles. The van der Waals surface area contributed by atoms with E-state index in [0.29, 0.717) is 25.7 Å². The van der Waals surface area contributed by atoms with E-state index in [9.17, 15) is 39.0 Å². The number of imide groups is 1. The largest absolute Gasteiger partial charge is 0.542 e. The van der Waals surface area contributed by atoms with Crippen molar-refractivity contribution in [2.45, 2.75) is 244 Å². The molecule has 1 rings (SSSR count). The zero-order chi connectivity index (χ0) is 40.6. The van der Waals surface area contributed by atoms with Crippen LogP contribution in [0.2, 0.25) is 0 Å². The van der Waals surface area contributed by atoms with Gasteiger partial charge >= 0.3 is 12.1 Å². The minimum Gasteiger partial charge on any atom is -0.381 e. The molecular weight excluding hydrogens is 702 g/mol. The summed E-state index contributed by atoms with van der Waals surface area (Å²) in [5, 5.41) is 22.3. The van der Waals surface area contributed by atoms with Crippen LogP contribution in [0.3, 0.4) is 0 Å². The van der Waals surface area contributed by atoms with Crippen LogP contribution in [0.25, 0.3) is 0 Å². The van der Waals surface area contributed by atoms with E-state index in [0.717, 1.165) is 44.9 Å². The summed E-state index contributed by atoms with van der Waals surface area (Å²) < 4.78 is 4.50. The average molecular weight is 780 g/mol. The molecule has 55 heavy (non-hydrogen) atoms. The minimum absolute atomic E-state index is 0.143. The number of ketones is 2. The van der Waals surface area contributed by atoms with Gasteiger partial charge in [0, 0.05) is 25.7 Å². The van der Waals surface area contributed by atoms with Crippen molar-refractivity contribution in [2.75, 3.05) is 0 Å². The second-order valence-corrected chi connectivity index (χ2v) is 15.8. The summed E-state index contributed by atoms with van der Waals surface area (Å²) in [6.07, 6.45) is 28.4. The molecule has 0 aromatic carbocycles. The van der Waals surface area contributed by atoms with Gasteiger partial charge in [-0.15, -0.1) is 0 Å². The fraction of sp³-hybridized carbons (Fsp3) is 0.864. The summed E-state index contributed by atoms with van der Waals surface area (Å²) in [6, 6.07) is 0. The maximum Gasteiger partial charge on any atom is 0.542 e. The third-order valence-corrected chi connectivity index (χ3v) is 10.8. The summed E-state index contributed by atoms with van der Waals surface area (Å²) in [5.41, 5.74) is -3.35. The van der Waals surface area contributed by atoms with Crippen molar-refractivity contribution in [1.82, 2.24) is 5.06 Å². The molecule has 1 fully saturated rings. The maximum absolute atomic E-state index is 13.3. The number of hydroxylamine groups is 2. The summed E-state index contributed by atoms with van der Waals surface area (Å²) in [7, 11) is 0. The van der Waals surface area contributed by atoms with Crippen LogP contribution in [0, 0.1) is 0 Å². The standard InChI is InChI=1S/C44H77NO10/c1-3-5-7-9-11-13-15-17-19-21-23-25-27-29-31-33-37(46)41(50)44(53,42(51)54-43(52)55-45-39(48)35-36-40(45)49)38(47)34-32-30-28-26-24-22-20-18-16-14-12-10-8-6-4-2/h41,50,53H,3-36H2,1-2H3. The molecule has 0 bridgehead atoms. The number of carbonyl (C=O) groups is 6. The van der Waals surface area contributed by atoms with E-state index in [1.165, 1.54) is 122 Å². The Morgan fingerprint density at radius 3 is 1.20 bits per heavy atom. The number of rotatable bonds is 37. The fourth-order valence-electron chi connectivity index (χ4n) is 7.17. The van der Waals surface area contributed by atoms with Crippen molar-refractivity contribution < 1.29 is 48.6 Å². The van der Waals surface area contributed by atoms with Crippen molar-refractivity contribution in [3.8, 4) is 0 Å². The van der Waals surface area contributed by atoms with Gasteiger partial charge in [-0.25, -0.2) is 9.59 Å². The highest BCUT2D eigenvalue weighted by Gasteiger charge is 2.55. The van der Waals surface area contributed by atoms with Gasteiger partial charge in [0.1, 0.15) is 0 Å². The van der Waals surface area contributed by atoms with E-state index in [1.807, 2.05) is 0 Å². The lowest BCUT2D eigenvalue weighted by atomic mass is 9.85. The third kappa shape index (κ3) is 22.6. The van der Waals surface area contributed by atoms with Gasteiger partial charge in [0.05, 0.1) is 0 Å². The number of aliphatic hydroxyl groups is 2. The van der Waals surface area contributed by atoms with Crippen LogP contribution in [-0.2, 0) is 33.5 Å². The van der Waals surface area contributed by atoms with E-state index < -0.39 is 47.2 Å². The van der Waals surface area contributed by atoms with E-state index in [-0.39, 0.29) is 30.7 Å². The Kier molecular flexibility index (Phi) is 29.7. The van der Waals surface area contributed by atoms with Gasteiger partial charge in [0.2, 0.25) is 0 Å². The fourth-order valence-corrected chi connectivity index (χ4v) is 7.17. The number of carbonyl (C=O) groups excluding carboxylic acids is 6. The number of ether oxygens (including phenoxy) is 1. The molecule has 0 aromatic heterocycles. The normalized spacial score (nSPS) is 14.6. The van der Waals surface area contributed by atoms with Crippen molar-refractivity contribution in [3.05, 3.63) is 0 Å². The van der Waals surface area contributed by atoms with Gasteiger partial charge in [0.25, 0.3) is 17.4 Å². The molecule has 1 saturated heterocycles. The zero-order valence-electron chi connectivity index (χ0n) is 34.7. The van der Waals surface area contributed by atoms with Gasteiger partial charge in [-0.2, -0.15) is 0 Å². The van der Waals surface area contributed by atoms with Crippen LogP contribution in [0.4, 0.5) is 4.79 Å². The number of nitrogens with zero attached hydrogens (tertiary/aromatic N) is 1. The molecule has 2 N–H and O–H groups in total. The first-order valence-corrected chi connectivity index (χ1v) is 22.4. The van der Waals surface area contributed by atoms with Gasteiger partial charge < -0.3 is 14.9 Å². The van der Waals surface area contributed by atoms with Crippen LogP contribution in [-0.4, -0.2) is 62.5 Å². The van der Waals surface area contributed by atoms with Crippen LogP contribution in [0.5, 0.6) is 0 Å². The summed E-state index contributed by atoms with van der Waals surface area (Å²) in [4.78, 5) is 79.8. The molecule has 0 aromatic rings. The molecule has 2 atom stereocenters. The Hall–Kier alpha value is -2.66. The third-order valence-electron chi connectivity index (χ3n) is 10.8. The topological polar surface area (TPSA) is 165 Å². The lowest BCUT2D eigenvalue weighted by Crippen LogP contribution is -2.60. The Morgan fingerprint density at radius 1 is 0.545 bits per heavy atom. The molecular formula is C44H77NO10. The van der Waals surface area contributed by atoms with Gasteiger partial charge in [0.15, 0.2) is 17.7 Å². The van der Waals surface area contributed by atoms with Gasteiger partial charge in [-0.1, -0.05) is 199 Å². The number of hydrogen-bond acceptors (Lipinski definition) is 10. The maximum atomic E-state index is 13.3. The Bertz CT molecular complexity index is 1080. The van der Waals surface area contributed by atoms with Gasteiger partial charge in [-0.3, -0.25) is 24.0 Å². The van der Waals surface area contributed by atoms with Crippen LogP contribution < -0.4 is 0 Å². The summed E-state index contributed by atoms with van der Waals surface area (Å²) >= 11 is 0. The number of aliphatic hydroxyl groups excluding tert-OH is 1. The van der Waals surface area contributed by atoms with Gasteiger partial charge in [-0.05, 0) is 12.8 Å². The number of esters is 1. The first-order chi connectivity index (χ1) is 26.6. The van der Waals surface area contributed by atoms with Crippen LogP contribution in [0.1, 0.15) is 232 Å². The molecule has 2 unspecified atom stereocenters. The van der Waals surface area contributed by atoms with Crippen molar-refractivity contribution in [1.29, 1.82) is 0 Å². The lowest BCUT2D eigenvalue weighted by molar-refractivity contribution is -0.191. The molecule has 2 amide bonds. The Morgan fingerprint density at radius 2 is 0.855 bits per heavy atom. The Balaban J connectivity index is 2.49. The van der Waals surface area contributed by atoms with Crippen LogP contribution in [0.15, 0.2) is 0 Å².